The van der Waals surface area contributed by atoms with Gasteiger partial charge in [-0.15, -0.1) is 0 Å². The smallest absolute Gasteiger partial charge is 0.169 e. The summed E-state index contributed by atoms with van der Waals surface area (Å²) in [7, 11) is 0. The summed E-state index contributed by atoms with van der Waals surface area (Å²) in [4.78, 5) is 0. The predicted molar refractivity (Wildman–Crippen MR) is 174 cm³/mol. The van der Waals surface area contributed by atoms with E-state index < -0.39 is 0 Å². The predicted octanol–water partition coefficient (Wildman–Crippen LogP) is 5.34. The summed E-state index contributed by atoms with van der Waals surface area (Å²) in [5.41, 5.74) is 2.65. The maximum Gasteiger partial charge on any atom is 0.169 e. The standard InChI is InChI=1S/C38H66N2.2HI/c1-3-5-7-9-11-13-15-17-19-21-23-25-31-39-33-27-37(28-34-39)38-29-35-40(36-30-38)32-26-24-22-20-18-16-14-12-10-8-6-4-2;;/h27-30,33-36H,3-26,31-32H2,1-2H3;2*1H/q+2;;/p-2. The van der Waals surface area contributed by atoms with Crippen molar-refractivity contribution in [1.82, 2.24) is 0 Å². The fraction of sp³-hybridized carbons (Fsp3) is 0.737. The Bertz CT molecular complexity index is 737. The molecule has 42 heavy (non-hydrogen) atoms. The number of hydrogen-bond donors (Lipinski definition) is 0. The molecule has 2 heterocycles. The maximum atomic E-state index is 2.36. The van der Waals surface area contributed by atoms with Crippen LogP contribution in [-0.2, 0) is 13.1 Å². The summed E-state index contributed by atoms with van der Waals surface area (Å²) in [6, 6.07) is 9.13. The fourth-order valence-electron chi connectivity index (χ4n) is 5.87. The Morgan fingerprint density at radius 3 is 0.786 bits per heavy atom. The SMILES string of the molecule is CCCCCCCCCCCCCC[n+]1ccc(-c2cc[n+](CCCCCCCCCCCCCC)cc2)cc1.[I-].[I-]. The molecule has 2 nitrogen and oxygen atoms in total. The molecule has 0 aliphatic carbocycles. The van der Waals surface area contributed by atoms with E-state index in [9.17, 15) is 0 Å². The second kappa shape index (κ2) is 30.8. The first-order chi connectivity index (χ1) is 19.8. The monoisotopic (exact) mass is 804 g/mol. The molecule has 0 saturated heterocycles. The van der Waals surface area contributed by atoms with E-state index in [1.165, 1.54) is 165 Å². The summed E-state index contributed by atoms with van der Waals surface area (Å²) in [6.45, 7) is 6.88. The van der Waals surface area contributed by atoms with Crippen LogP contribution >= 0.6 is 0 Å². The Labute approximate surface area is 296 Å². The number of rotatable bonds is 27. The van der Waals surface area contributed by atoms with Crippen LogP contribution in [0, 0.1) is 0 Å². The molecule has 0 spiro atoms. The van der Waals surface area contributed by atoms with E-state index >= 15 is 0 Å². The van der Waals surface area contributed by atoms with Gasteiger partial charge in [0.15, 0.2) is 24.8 Å². The Hall–Kier alpha value is -0.240. The molecule has 0 atom stereocenters. The van der Waals surface area contributed by atoms with Crippen LogP contribution in [0.1, 0.15) is 168 Å². The maximum absolute atomic E-state index is 2.36. The first kappa shape index (κ1) is 41.8. The highest BCUT2D eigenvalue weighted by molar-refractivity contribution is 5.60. The molecule has 4 heteroatoms. The number of unbranched alkanes of at least 4 members (excludes halogenated alkanes) is 22. The number of aryl methyl sites for hydroxylation is 2. The number of nitrogens with zero attached hydrogens (tertiary/aromatic N) is 2. The van der Waals surface area contributed by atoms with Gasteiger partial charge in [-0.25, -0.2) is 9.13 Å². The van der Waals surface area contributed by atoms with Gasteiger partial charge in [-0.2, -0.15) is 0 Å². The minimum atomic E-state index is 0. The van der Waals surface area contributed by atoms with Gasteiger partial charge in [0.05, 0.1) is 0 Å². The van der Waals surface area contributed by atoms with Crippen molar-refractivity contribution >= 4 is 0 Å². The highest BCUT2D eigenvalue weighted by Gasteiger charge is 2.06. The molecular weight excluding hydrogens is 738 g/mol. The van der Waals surface area contributed by atoms with E-state index in [-0.39, 0.29) is 48.0 Å². The molecule has 0 bridgehead atoms. The molecule has 0 aliphatic rings. The summed E-state index contributed by atoms with van der Waals surface area (Å²) < 4.78 is 4.72. The van der Waals surface area contributed by atoms with Gasteiger partial charge in [-0.1, -0.05) is 142 Å². The summed E-state index contributed by atoms with van der Waals surface area (Å²) in [6.07, 6.45) is 43.0. The molecule has 0 radical (unpaired) electrons. The fourth-order valence-corrected chi connectivity index (χ4v) is 5.87. The normalized spacial score (nSPS) is 10.8. The third-order valence-electron chi connectivity index (χ3n) is 8.66. The van der Waals surface area contributed by atoms with Crippen LogP contribution in [0.5, 0.6) is 0 Å². The Morgan fingerprint density at radius 1 is 0.333 bits per heavy atom. The van der Waals surface area contributed by atoms with Gasteiger partial charge in [0.2, 0.25) is 0 Å². The second-order valence-electron chi connectivity index (χ2n) is 12.4. The van der Waals surface area contributed by atoms with E-state index in [0.29, 0.717) is 0 Å². The summed E-state index contributed by atoms with van der Waals surface area (Å²) in [5.74, 6) is 0. The molecular formula is C38H66I2N2. The zero-order chi connectivity index (χ0) is 28.4. The topological polar surface area (TPSA) is 7.76 Å². The van der Waals surface area contributed by atoms with Crippen molar-refractivity contribution in [2.75, 3.05) is 0 Å². The van der Waals surface area contributed by atoms with Crippen LogP contribution in [0.4, 0.5) is 0 Å². The second-order valence-corrected chi connectivity index (χ2v) is 12.4. The van der Waals surface area contributed by atoms with Crippen LogP contribution in [-0.4, -0.2) is 0 Å². The molecule has 2 aromatic rings. The van der Waals surface area contributed by atoms with Crippen molar-refractivity contribution in [2.24, 2.45) is 0 Å². The highest BCUT2D eigenvalue weighted by atomic mass is 127. The van der Waals surface area contributed by atoms with Gasteiger partial charge in [0.1, 0.15) is 13.1 Å². The van der Waals surface area contributed by atoms with Crippen molar-refractivity contribution in [3.8, 4) is 11.1 Å². The average Bonchev–Trinajstić information content (AvgIpc) is 2.99. The van der Waals surface area contributed by atoms with Crippen molar-refractivity contribution in [1.29, 1.82) is 0 Å². The van der Waals surface area contributed by atoms with Crippen LogP contribution in [0.15, 0.2) is 49.1 Å². The molecule has 0 N–H and O–H groups in total. The van der Waals surface area contributed by atoms with Gasteiger partial charge in [-0.3, -0.25) is 0 Å². The minimum absolute atomic E-state index is 0. The molecule has 0 fully saturated rings. The first-order valence-electron chi connectivity index (χ1n) is 17.8. The molecule has 2 aromatic heterocycles. The molecule has 242 valence electrons. The Balaban J connectivity index is 0.00000840. The molecule has 0 amide bonds. The minimum Gasteiger partial charge on any atom is -1.00 e. The lowest BCUT2D eigenvalue weighted by atomic mass is 10.1. The molecule has 0 aliphatic heterocycles. The average molecular weight is 805 g/mol. The van der Waals surface area contributed by atoms with Crippen LogP contribution < -0.4 is 57.1 Å². The van der Waals surface area contributed by atoms with Crippen molar-refractivity contribution in [2.45, 2.75) is 181 Å². The van der Waals surface area contributed by atoms with Gasteiger partial charge in [0.25, 0.3) is 0 Å². The molecule has 2 rings (SSSR count). The van der Waals surface area contributed by atoms with E-state index in [2.05, 4.69) is 72.0 Å². The number of halogens is 2. The van der Waals surface area contributed by atoms with Crippen LogP contribution in [0.25, 0.3) is 11.1 Å². The Kier molecular flexibility index (Phi) is 30.6. The lowest BCUT2D eigenvalue weighted by molar-refractivity contribution is -0.697. The highest BCUT2D eigenvalue weighted by Crippen LogP contribution is 2.16. The summed E-state index contributed by atoms with van der Waals surface area (Å²) in [5, 5.41) is 0. The third-order valence-corrected chi connectivity index (χ3v) is 8.66. The van der Waals surface area contributed by atoms with E-state index in [4.69, 9.17) is 0 Å². The largest absolute Gasteiger partial charge is 1.00 e. The first-order valence-corrected chi connectivity index (χ1v) is 17.8. The van der Waals surface area contributed by atoms with Gasteiger partial charge < -0.3 is 48.0 Å². The third kappa shape index (κ3) is 22.3. The van der Waals surface area contributed by atoms with Crippen molar-refractivity contribution in [3.05, 3.63) is 49.1 Å². The van der Waals surface area contributed by atoms with Crippen LogP contribution in [0.3, 0.4) is 0 Å². The molecule has 0 saturated carbocycles. The zero-order valence-electron chi connectivity index (χ0n) is 27.7. The number of pyridine rings is 2. The zero-order valence-corrected chi connectivity index (χ0v) is 32.0. The molecule has 0 unspecified atom stereocenters. The number of hydrogen-bond acceptors (Lipinski definition) is 0. The van der Waals surface area contributed by atoms with Crippen molar-refractivity contribution < 1.29 is 57.1 Å². The van der Waals surface area contributed by atoms with Crippen molar-refractivity contribution in [3.63, 3.8) is 0 Å². The quantitative estimate of drug-likeness (QED) is 0.0656. The van der Waals surface area contributed by atoms with E-state index in [1.807, 2.05) is 0 Å². The van der Waals surface area contributed by atoms with Crippen LogP contribution in [0.2, 0.25) is 0 Å². The van der Waals surface area contributed by atoms with E-state index in [0.717, 1.165) is 13.1 Å². The molecule has 0 aromatic carbocycles. The number of aromatic nitrogens is 2. The lowest BCUT2D eigenvalue weighted by Gasteiger charge is -2.03. The van der Waals surface area contributed by atoms with E-state index in [1.54, 1.807) is 0 Å². The summed E-state index contributed by atoms with van der Waals surface area (Å²) >= 11 is 0. The van der Waals surface area contributed by atoms with Gasteiger partial charge >= 0.3 is 0 Å². The lowest BCUT2D eigenvalue weighted by Crippen LogP contribution is -3.00. The Morgan fingerprint density at radius 2 is 0.548 bits per heavy atom. The van der Waals surface area contributed by atoms with Gasteiger partial charge in [-0.05, 0) is 24.0 Å². The van der Waals surface area contributed by atoms with Gasteiger partial charge in [0, 0.05) is 37.1 Å².